The number of H-pyrrole nitrogens is 2. The quantitative estimate of drug-likeness (QED) is 0.196. The first-order valence-corrected chi connectivity index (χ1v) is 8.54. The molecular weight excluding hydrogens is 380 g/mol. The Hall–Kier alpha value is -3.91. The van der Waals surface area contributed by atoms with Crippen molar-refractivity contribution in [2.75, 3.05) is 30.3 Å². The average Bonchev–Trinajstić information content (AvgIpc) is 3.40. The number of imidazole rings is 2. The number of hydrogen-bond donors (Lipinski definition) is 7. The monoisotopic (exact) mass is 400 g/mol. The van der Waals surface area contributed by atoms with Crippen LogP contribution in [0.4, 0.5) is 11.6 Å². The highest BCUT2D eigenvalue weighted by Crippen LogP contribution is 2.14. The van der Waals surface area contributed by atoms with Gasteiger partial charge in [0.05, 0.1) is 12.7 Å². The molecule has 0 fully saturated rings. The smallest absolute Gasteiger partial charge is 0.322 e. The second-order valence-corrected chi connectivity index (χ2v) is 5.69. The topological polar surface area (TPSA) is 222 Å². The molecule has 0 bridgehead atoms. The SMILES string of the molecule is NC(CNc1ncnc2nc[nH]c12)C(=O)O.NCCNc1ncnc2nc[nH]c12. The number of nitrogens with one attached hydrogen (secondary N) is 4. The summed E-state index contributed by atoms with van der Waals surface area (Å²) in [6, 6.07) is -0.979. The second kappa shape index (κ2) is 9.34. The Morgan fingerprint density at radius 2 is 1.52 bits per heavy atom. The van der Waals surface area contributed by atoms with Crippen LogP contribution < -0.4 is 22.1 Å². The molecule has 0 radical (unpaired) electrons. The molecule has 1 unspecified atom stereocenters. The van der Waals surface area contributed by atoms with E-state index in [1.54, 1.807) is 6.33 Å². The molecule has 4 aromatic rings. The van der Waals surface area contributed by atoms with Gasteiger partial charge in [0.1, 0.15) is 29.7 Å². The third-order valence-electron chi connectivity index (χ3n) is 3.69. The fraction of sp³-hybridized carbons (Fsp3) is 0.267. The van der Waals surface area contributed by atoms with Crippen molar-refractivity contribution in [3.8, 4) is 0 Å². The maximum Gasteiger partial charge on any atom is 0.322 e. The Kier molecular flexibility index (Phi) is 6.39. The number of carboxylic acids is 1. The van der Waals surface area contributed by atoms with E-state index in [1.807, 2.05) is 0 Å². The van der Waals surface area contributed by atoms with Gasteiger partial charge >= 0.3 is 5.97 Å². The molecule has 4 heterocycles. The molecular formula is C15H20N12O2. The molecule has 0 aromatic carbocycles. The van der Waals surface area contributed by atoms with Crippen LogP contribution in [0.1, 0.15) is 0 Å². The normalized spacial score (nSPS) is 11.7. The zero-order valence-electron chi connectivity index (χ0n) is 15.2. The summed E-state index contributed by atoms with van der Waals surface area (Å²) in [5.41, 5.74) is 13.3. The molecule has 1 atom stereocenters. The van der Waals surface area contributed by atoms with Crippen molar-refractivity contribution in [2.24, 2.45) is 11.5 Å². The molecule has 14 heteroatoms. The van der Waals surface area contributed by atoms with Gasteiger partial charge in [-0.05, 0) is 0 Å². The fourth-order valence-corrected chi connectivity index (χ4v) is 2.28. The van der Waals surface area contributed by atoms with Gasteiger partial charge in [0.25, 0.3) is 0 Å². The van der Waals surface area contributed by atoms with E-state index in [9.17, 15) is 4.79 Å². The lowest BCUT2D eigenvalue weighted by atomic mass is 10.3. The third-order valence-corrected chi connectivity index (χ3v) is 3.69. The number of carboxylic acid groups (broad SMARTS) is 1. The summed E-state index contributed by atoms with van der Waals surface area (Å²) in [7, 11) is 0. The maximum atomic E-state index is 10.5. The van der Waals surface area contributed by atoms with Gasteiger partial charge in [0.15, 0.2) is 22.9 Å². The Labute approximate surface area is 163 Å². The van der Waals surface area contributed by atoms with Gasteiger partial charge in [0, 0.05) is 19.6 Å². The van der Waals surface area contributed by atoms with Crippen molar-refractivity contribution >= 4 is 39.9 Å². The maximum absolute atomic E-state index is 10.5. The summed E-state index contributed by atoms with van der Waals surface area (Å²) in [5.74, 6) is 0.162. The van der Waals surface area contributed by atoms with Crippen molar-refractivity contribution in [1.29, 1.82) is 0 Å². The highest BCUT2D eigenvalue weighted by atomic mass is 16.4. The molecule has 29 heavy (non-hydrogen) atoms. The Morgan fingerprint density at radius 1 is 0.966 bits per heavy atom. The van der Waals surface area contributed by atoms with Crippen LogP contribution in [0.2, 0.25) is 0 Å². The van der Waals surface area contributed by atoms with Crippen molar-refractivity contribution in [3.63, 3.8) is 0 Å². The van der Waals surface area contributed by atoms with Crippen molar-refractivity contribution < 1.29 is 9.90 Å². The van der Waals surface area contributed by atoms with Crippen LogP contribution in [-0.2, 0) is 4.79 Å². The van der Waals surface area contributed by atoms with Crippen LogP contribution >= 0.6 is 0 Å². The zero-order chi connectivity index (χ0) is 20.6. The molecule has 0 amide bonds. The minimum atomic E-state index is -1.07. The summed E-state index contributed by atoms with van der Waals surface area (Å²) in [6.45, 7) is 1.34. The lowest BCUT2D eigenvalue weighted by Gasteiger charge is -2.08. The largest absolute Gasteiger partial charge is 0.480 e. The highest BCUT2D eigenvalue weighted by molar-refractivity contribution is 5.83. The molecule has 0 aliphatic heterocycles. The number of carbonyl (C=O) groups is 1. The molecule has 9 N–H and O–H groups in total. The lowest BCUT2D eigenvalue weighted by Crippen LogP contribution is -2.37. The standard InChI is InChI=1S/C8H10N6O2.C7H10N6/c9-4(8(15)16)1-10-6-5-7(12-2-11-5)14-3-13-6;8-1-2-9-6-5-7(11-3-10-5)13-4-12-6/h2-4H,1,9H2,(H,15,16)(H2,10,11,12,13,14);3-4H,1-2,8H2,(H2,9,10,11,12,13). The van der Waals surface area contributed by atoms with Crippen molar-refractivity contribution in [3.05, 3.63) is 25.3 Å². The number of nitrogens with two attached hydrogens (primary N) is 2. The van der Waals surface area contributed by atoms with Crippen LogP contribution in [-0.4, -0.2) is 76.6 Å². The number of hydrogen-bond acceptors (Lipinski definition) is 11. The van der Waals surface area contributed by atoms with Gasteiger partial charge in [-0.1, -0.05) is 0 Å². The van der Waals surface area contributed by atoms with Crippen LogP contribution in [0.3, 0.4) is 0 Å². The number of anilines is 2. The number of nitrogens with zero attached hydrogens (tertiary/aromatic N) is 6. The minimum absolute atomic E-state index is 0.0838. The molecule has 0 saturated heterocycles. The summed E-state index contributed by atoms with van der Waals surface area (Å²) >= 11 is 0. The zero-order valence-corrected chi connectivity index (χ0v) is 15.2. The first-order chi connectivity index (χ1) is 14.1. The van der Waals surface area contributed by atoms with Crippen LogP contribution in [0.25, 0.3) is 22.3 Å². The predicted octanol–water partition coefficient (Wildman–Crippen LogP) is -1.10. The molecule has 0 aliphatic rings. The lowest BCUT2D eigenvalue weighted by molar-refractivity contribution is -0.138. The Bertz CT molecular complexity index is 1080. The summed E-state index contributed by atoms with van der Waals surface area (Å²) in [5, 5.41) is 14.5. The van der Waals surface area contributed by atoms with E-state index < -0.39 is 12.0 Å². The molecule has 152 valence electrons. The first kappa shape index (κ1) is 19.8. The average molecular weight is 400 g/mol. The van der Waals surface area contributed by atoms with Crippen molar-refractivity contribution in [1.82, 2.24) is 39.9 Å². The van der Waals surface area contributed by atoms with Gasteiger partial charge in [-0.3, -0.25) is 4.79 Å². The number of rotatable bonds is 7. The first-order valence-electron chi connectivity index (χ1n) is 8.54. The van der Waals surface area contributed by atoms with Gasteiger partial charge in [-0.2, -0.15) is 0 Å². The molecule has 0 saturated carbocycles. The number of fused-ring (bicyclic) bond motifs is 2. The van der Waals surface area contributed by atoms with Gasteiger partial charge in [0.2, 0.25) is 0 Å². The number of aliphatic carboxylic acids is 1. The summed E-state index contributed by atoms with van der Waals surface area (Å²) in [4.78, 5) is 40.2. The number of aromatic amines is 2. The molecule has 14 nitrogen and oxygen atoms in total. The van der Waals surface area contributed by atoms with Crippen LogP contribution in [0.15, 0.2) is 25.3 Å². The molecule has 4 aromatic heterocycles. The van der Waals surface area contributed by atoms with E-state index in [0.717, 1.165) is 11.3 Å². The fourth-order valence-electron chi connectivity index (χ4n) is 2.28. The number of aromatic nitrogens is 8. The second-order valence-electron chi connectivity index (χ2n) is 5.69. The van der Waals surface area contributed by atoms with Gasteiger partial charge in [-0.15, -0.1) is 0 Å². The van der Waals surface area contributed by atoms with E-state index >= 15 is 0 Å². The Morgan fingerprint density at radius 3 is 2.03 bits per heavy atom. The molecule has 4 rings (SSSR count). The van der Waals surface area contributed by atoms with Crippen molar-refractivity contribution in [2.45, 2.75) is 6.04 Å². The van der Waals surface area contributed by atoms with Crippen LogP contribution in [0, 0.1) is 0 Å². The van der Waals surface area contributed by atoms with Gasteiger partial charge in [-0.25, -0.2) is 29.9 Å². The summed E-state index contributed by atoms with van der Waals surface area (Å²) < 4.78 is 0. The van der Waals surface area contributed by atoms with E-state index in [-0.39, 0.29) is 6.54 Å². The molecule has 0 spiro atoms. The van der Waals surface area contributed by atoms with Crippen LogP contribution in [0.5, 0.6) is 0 Å². The van der Waals surface area contributed by atoms with E-state index in [2.05, 4.69) is 50.5 Å². The van der Waals surface area contributed by atoms with E-state index in [4.69, 9.17) is 16.6 Å². The van der Waals surface area contributed by atoms with Gasteiger partial charge < -0.3 is 37.2 Å². The van der Waals surface area contributed by atoms with E-state index in [1.165, 1.54) is 19.0 Å². The summed E-state index contributed by atoms with van der Waals surface area (Å²) in [6.07, 6.45) is 5.90. The third kappa shape index (κ3) is 4.88. The van der Waals surface area contributed by atoms with E-state index in [0.29, 0.717) is 35.7 Å². The highest BCUT2D eigenvalue weighted by Gasteiger charge is 2.12. The predicted molar refractivity (Wildman–Crippen MR) is 105 cm³/mol. The minimum Gasteiger partial charge on any atom is -0.480 e. The Balaban J connectivity index is 0.000000169. The molecule has 0 aliphatic carbocycles.